The number of nitrogens with one attached hydrogen (secondary N) is 2. The SMILES string of the molecule is CNC(=O)c1cccc(CCC(=O)NCC(C(=O)O)c2ccc(F)cc2)c1. The Morgan fingerprint density at radius 3 is 2.44 bits per heavy atom. The molecule has 6 nitrogen and oxygen atoms in total. The molecule has 0 saturated heterocycles. The van der Waals surface area contributed by atoms with Crippen molar-refractivity contribution in [2.24, 2.45) is 0 Å². The van der Waals surface area contributed by atoms with E-state index in [9.17, 15) is 23.9 Å². The third kappa shape index (κ3) is 5.91. The maximum absolute atomic E-state index is 13.0. The molecule has 7 heteroatoms. The Morgan fingerprint density at radius 2 is 1.81 bits per heavy atom. The molecule has 0 aliphatic rings. The number of carbonyl (C=O) groups excluding carboxylic acids is 2. The molecule has 1 unspecified atom stereocenters. The highest BCUT2D eigenvalue weighted by Gasteiger charge is 2.20. The highest BCUT2D eigenvalue weighted by Crippen LogP contribution is 2.16. The van der Waals surface area contributed by atoms with Gasteiger partial charge in [-0.25, -0.2) is 4.39 Å². The van der Waals surface area contributed by atoms with Crippen molar-refractivity contribution in [3.63, 3.8) is 0 Å². The van der Waals surface area contributed by atoms with E-state index in [1.807, 2.05) is 6.07 Å². The number of carboxylic acids is 1. The fraction of sp³-hybridized carbons (Fsp3) is 0.250. The lowest BCUT2D eigenvalue weighted by atomic mass is 9.99. The van der Waals surface area contributed by atoms with Crippen molar-refractivity contribution in [2.75, 3.05) is 13.6 Å². The van der Waals surface area contributed by atoms with Crippen LogP contribution >= 0.6 is 0 Å². The van der Waals surface area contributed by atoms with E-state index >= 15 is 0 Å². The molecular weight excluding hydrogens is 351 g/mol. The molecule has 2 aromatic carbocycles. The highest BCUT2D eigenvalue weighted by molar-refractivity contribution is 5.94. The van der Waals surface area contributed by atoms with E-state index in [-0.39, 0.29) is 24.8 Å². The Hall–Kier alpha value is -3.22. The molecule has 0 radical (unpaired) electrons. The molecule has 2 amide bonds. The molecule has 0 aliphatic heterocycles. The molecule has 142 valence electrons. The first kappa shape index (κ1) is 20.1. The van der Waals surface area contributed by atoms with Gasteiger partial charge in [0.25, 0.3) is 5.91 Å². The van der Waals surface area contributed by atoms with Crippen LogP contribution in [0.5, 0.6) is 0 Å². The minimum Gasteiger partial charge on any atom is -0.481 e. The van der Waals surface area contributed by atoms with Crippen molar-refractivity contribution in [2.45, 2.75) is 18.8 Å². The molecule has 27 heavy (non-hydrogen) atoms. The zero-order valence-corrected chi connectivity index (χ0v) is 14.9. The Bertz CT molecular complexity index is 821. The average Bonchev–Trinajstić information content (AvgIpc) is 2.67. The van der Waals surface area contributed by atoms with Gasteiger partial charge in [-0.3, -0.25) is 14.4 Å². The number of rotatable bonds is 8. The molecule has 2 aromatic rings. The van der Waals surface area contributed by atoms with Gasteiger partial charge >= 0.3 is 5.97 Å². The third-order valence-electron chi connectivity index (χ3n) is 4.13. The maximum Gasteiger partial charge on any atom is 0.312 e. The van der Waals surface area contributed by atoms with Crippen LogP contribution in [-0.2, 0) is 16.0 Å². The van der Waals surface area contributed by atoms with Crippen molar-refractivity contribution in [3.8, 4) is 0 Å². The van der Waals surface area contributed by atoms with Crippen molar-refractivity contribution < 1.29 is 23.9 Å². The van der Waals surface area contributed by atoms with Gasteiger partial charge in [-0.1, -0.05) is 24.3 Å². The Kier molecular flexibility index (Phi) is 7.05. The van der Waals surface area contributed by atoms with Gasteiger partial charge in [-0.2, -0.15) is 0 Å². The van der Waals surface area contributed by atoms with E-state index in [0.717, 1.165) is 5.56 Å². The second-order valence-corrected chi connectivity index (χ2v) is 6.03. The van der Waals surface area contributed by atoms with Crippen LogP contribution in [0, 0.1) is 5.82 Å². The van der Waals surface area contributed by atoms with Gasteiger partial charge in [-0.15, -0.1) is 0 Å². The van der Waals surface area contributed by atoms with Gasteiger partial charge in [0.05, 0.1) is 5.92 Å². The van der Waals surface area contributed by atoms with E-state index in [1.165, 1.54) is 24.3 Å². The van der Waals surface area contributed by atoms with E-state index < -0.39 is 17.7 Å². The molecule has 0 fully saturated rings. The predicted octanol–water partition coefficient (Wildman–Crippen LogP) is 2.10. The summed E-state index contributed by atoms with van der Waals surface area (Å²) >= 11 is 0. The summed E-state index contributed by atoms with van der Waals surface area (Å²) in [5, 5.41) is 14.5. The van der Waals surface area contributed by atoms with Crippen LogP contribution in [0.4, 0.5) is 4.39 Å². The molecule has 2 rings (SSSR count). The van der Waals surface area contributed by atoms with Crippen LogP contribution in [0.25, 0.3) is 0 Å². The Balaban J connectivity index is 1.90. The fourth-order valence-electron chi connectivity index (χ4n) is 2.62. The number of aliphatic carboxylic acids is 1. The van der Waals surface area contributed by atoms with Crippen LogP contribution in [0.15, 0.2) is 48.5 Å². The first-order valence-corrected chi connectivity index (χ1v) is 8.46. The van der Waals surface area contributed by atoms with Gasteiger partial charge in [0, 0.05) is 25.6 Å². The number of carbonyl (C=O) groups is 3. The second kappa shape index (κ2) is 9.47. The van der Waals surface area contributed by atoms with Crippen LogP contribution in [0.2, 0.25) is 0 Å². The van der Waals surface area contributed by atoms with Crippen molar-refractivity contribution in [1.82, 2.24) is 10.6 Å². The molecule has 0 aliphatic carbocycles. The van der Waals surface area contributed by atoms with Crippen molar-refractivity contribution in [3.05, 3.63) is 71.0 Å². The number of carboxylic acid groups (broad SMARTS) is 1. The summed E-state index contributed by atoms with van der Waals surface area (Å²) < 4.78 is 13.0. The first-order valence-electron chi connectivity index (χ1n) is 8.46. The summed E-state index contributed by atoms with van der Waals surface area (Å²) in [6, 6.07) is 12.1. The molecule has 0 spiro atoms. The summed E-state index contributed by atoms with van der Waals surface area (Å²) in [7, 11) is 1.54. The van der Waals surface area contributed by atoms with E-state index in [4.69, 9.17) is 0 Å². The van der Waals surface area contributed by atoms with Crippen LogP contribution in [-0.4, -0.2) is 36.5 Å². The van der Waals surface area contributed by atoms with Gasteiger partial charge in [-0.05, 0) is 41.8 Å². The van der Waals surface area contributed by atoms with E-state index in [1.54, 1.807) is 25.2 Å². The average molecular weight is 372 g/mol. The van der Waals surface area contributed by atoms with Crippen molar-refractivity contribution >= 4 is 17.8 Å². The van der Waals surface area contributed by atoms with Gasteiger partial charge < -0.3 is 15.7 Å². The number of aryl methyl sites for hydroxylation is 1. The number of hydrogen-bond acceptors (Lipinski definition) is 3. The number of amides is 2. The number of hydrogen-bond donors (Lipinski definition) is 3. The lowest BCUT2D eigenvalue weighted by molar-refractivity contribution is -0.138. The standard InChI is InChI=1S/C20H21FN2O4/c1-22-19(25)15-4-2-3-13(11-15)5-10-18(24)23-12-17(20(26)27)14-6-8-16(21)9-7-14/h2-4,6-9,11,17H,5,10,12H2,1H3,(H,22,25)(H,23,24)(H,26,27). The summed E-state index contributed by atoms with van der Waals surface area (Å²) in [4.78, 5) is 35.1. The van der Waals surface area contributed by atoms with Gasteiger partial charge in [0.2, 0.25) is 5.91 Å². The quantitative estimate of drug-likeness (QED) is 0.661. The number of benzene rings is 2. The summed E-state index contributed by atoms with van der Waals surface area (Å²) in [6.07, 6.45) is 0.581. The first-order chi connectivity index (χ1) is 12.9. The Morgan fingerprint density at radius 1 is 1.11 bits per heavy atom. The van der Waals surface area contributed by atoms with Crippen LogP contribution in [0.1, 0.15) is 33.8 Å². The molecule has 0 aromatic heterocycles. The molecule has 0 heterocycles. The Labute approximate surface area is 156 Å². The minimum atomic E-state index is -1.10. The molecule has 3 N–H and O–H groups in total. The fourth-order valence-corrected chi connectivity index (χ4v) is 2.62. The van der Waals surface area contributed by atoms with Crippen molar-refractivity contribution in [1.29, 1.82) is 0 Å². The summed E-state index contributed by atoms with van der Waals surface area (Å²) in [5.74, 6) is -3.00. The molecule has 0 bridgehead atoms. The third-order valence-corrected chi connectivity index (χ3v) is 4.13. The topological polar surface area (TPSA) is 95.5 Å². The van der Waals surface area contributed by atoms with Gasteiger partial charge in [0.1, 0.15) is 5.82 Å². The summed E-state index contributed by atoms with van der Waals surface area (Å²) in [6.45, 7) is -0.0852. The number of halogens is 1. The lowest BCUT2D eigenvalue weighted by Crippen LogP contribution is -2.31. The lowest BCUT2D eigenvalue weighted by Gasteiger charge is -2.14. The largest absolute Gasteiger partial charge is 0.481 e. The molecule has 1 atom stereocenters. The smallest absolute Gasteiger partial charge is 0.312 e. The molecule has 0 saturated carbocycles. The predicted molar refractivity (Wildman–Crippen MR) is 97.9 cm³/mol. The second-order valence-electron chi connectivity index (χ2n) is 6.03. The highest BCUT2D eigenvalue weighted by atomic mass is 19.1. The minimum absolute atomic E-state index is 0.0852. The van der Waals surface area contributed by atoms with Gasteiger partial charge in [0.15, 0.2) is 0 Å². The zero-order chi connectivity index (χ0) is 19.8. The van der Waals surface area contributed by atoms with Crippen LogP contribution in [0.3, 0.4) is 0 Å². The molecular formula is C20H21FN2O4. The normalized spacial score (nSPS) is 11.5. The van der Waals surface area contributed by atoms with E-state index in [0.29, 0.717) is 17.5 Å². The maximum atomic E-state index is 13.0. The van der Waals surface area contributed by atoms with E-state index in [2.05, 4.69) is 10.6 Å². The monoisotopic (exact) mass is 372 g/mol. The summed E-state index contributed by atoms with van der Waals surface area (Å²) in [5.41, 5.74) is 1.76. The zero-order valence-electron chi connectivity index (χ0n) is 14.9. The van der Waals surface area contributed by atoms with Crippen LogP contribution < -0.4 is 10.6 Å².